The minimum atomic E-state index is -0.442. The van der Waals surface area contributed by atoms with Crippen LogP contribution in [0.3, 0.4) is 0 Å². The second-order valence-corrected chi connectivity index (χ2v) is 7.15. The molecule has 7 heteroatoms. The van der Waals surface area contributed by atoms with Crippen LogP contribution in [0.25, 0.3) is 6.08 Å². The number of carbonyl (C=O) groups excluding carboxylic acids is 2. The number of hydrogen-bond donors (Lipinski definition) is 1. The Morgan fingerprint density at radius 2 is 2.00 bits per heavy atom. The number of halogens is 1. The van der Waals surface area contributed by atoms with E-state index in [9.17, 15) is 14.7 Å². The van der Waals surface area contributed by atoms with E-state index in [-0.39, 0.29) is 17.2 Å². The number of nitriles is 1. The molecular weight excluding hydrogens is 404 g/mol. The van der Waals surface area contributed by atoms with Gasteiger partial charge in [0.15, 0.2) is 0 Å². The second kappa shape index (κ2) is 7.13. The van der Waals surface area contributed by atoms with E-state index in [0.29, 0.717) is 16.7 Å². The van der Waals surface area contributed by atoms with Gasteiger partial charge in [-0.25, -0.2) is 0 Å². The lowest BCUT2D eigenvalue weighted by molar-refractivity contribution is -0.123. The summed E-state index contributed by atoms with van der Waals surface area (Å²) in [6.07, 6.45) is 1.49. The number of phenolic OH excluding ortho intramolecular Hbond substituents is 1. The van der Waals surface area contributed by atoms with Gasteiger partial charge in [-0.15, -0.1) is 0 Å². The van der Waals surface area contributed by atoms with Crippen molar-refractivity contribution in [2.24, 2.45) is 0 Å². The molecule has 25 heavy (non-hydrogen) atoms. The van der Waals surface area contributed by atoms with Crippen molar-refractivity contribution < 1.29 is 14.7 Å². The van der Waals surface area contributed by atoms with Gasteiger partial charge >= 0.3 is 0 Å². The van der Waals surface area contributed by atoms with E-state index in [1.165, 1.54) is 12.1 Å². The summed E-state index contributed by atoms with van der Waals surface area (Å²) < 4.78 is 0.749. The first-order chi connectivity index (χ1) is 12.0. The van der Waals surface area contributed by atoms with Gasteiger partial charge in [-0.3, -0.25) is 14.5 Å². The predicted octanol–water partition coefficient (Wildman–Crippen LogP) is 4.26. The largest absolute Gasteiger partial charge is 0.507 e. The van der Waals surface area contributed by atoms with Gasteiger partial charge in [-0.1, -0.05) is 34.1 Å². The van der Waals surface area contributed by atoms with Gasteiger partial charge in [0.2, 0.25) is 0 Å². The molecule has 1 aliphatic rings. The highest BCUT2D eigenvalue weighted by atomic mass is 79.9. The van der Waals surface area contributed by atoms with E-state index in [4.69, 9.17) is 5.26 Å². The standard InChI is InChI=1S/C18H11BrN2O3S/c19-14-5-6-15(22)13(7-14)8-16-17(23)21(18(24)25-16)10-12-4-2-1-3-11(12)9-20/h1-8,22H,10H2/b16-8+. The molecule has 2 aromatic rings. The number of amides is 2. The molecule has 1 saturated heterocycles. The van der Waals surface area contributed by atoms with E-state index in [1.54, 1.807) is 36.4 Å². The van der Waals surface area contributed by atoms with Gasteiger partial charge in [-0.2, -0.15) is 5.26 Å². The van der Waals surface area contributed by atoms with Crippen molar-refractivity contribution in [2.75, 3.05) is 0 Å². The van der Waals surface area contributed by atoms with Crippen LogP contribution in [0.4, 0.5) is 4.79 Å². The minimum absolute atomic E-state index is 0.0184. The molecule has 2 amide bonds. The molecule has 0 aliphatic carbocycles. The van der Waals surface area contributed by atoms with Crippen LogP contribution in [-0.4, -0.2) is 21.2 Å². The average Bonchev–Trinajstić information content (AvgIpc) is 2.86. The third-order valence-electron chi connectivity index (χ3n) is 3.62. The van der Waals surface area contributed by atoms with Crippen LogP contribution in [-0.2, 0) is 11.3 Å². The number of rotatable bonds is 3. The van der Waals surface area contributed by atoms with Gasteiger partial charge in [0.25, 0.3) is 11.1 Å². The zero-order valence-corrected chi connectivity index (χ0v) is 15.2. The number of carbonyl (C=O) groups is 2. The molecule has 3 rings (SSSR count). The molecule has 0 aromatic heterocycles. The average molecular weight is 415 g/mol. The maximum atomic E-state index is 12.6. The van der Waals surface area contributed by atoms with Crippen LogP contribution in [0.1, 0.15) is 16.7 Å². The van der Waals surface area contributed by atoms with Crippen molar-refractivity contribution in [2.45, 2.75) is 6.54 Å². The Morgan fingerprint density at radius 1 is 1.24 bits per heavy atom. The predicted molar refractivity (Wildman–Crippen MR) is 98.5 cm³/mol. The highest BCUT2D eigenvalue weighted by Crippen LogP contribution is 2.35. The topological polar surface area (TPSA) is 81.4 Å². The molecule has 0 spiro atoms. The number of thioether (sulfide) groups is 1. The van der Waals surface area contributed by atoms with Gasteiger partial charge in [0, 0.05) is 10.0 Å². The van der Waals surface area contributed by atoms with E-state index in [1.807, 2.05) is 0 Å². The van der Waals surface area contributed by atoms with Crippen molar-refractivity contribution in [3.05, 3.63) is 68.5 Å². The van der Waals surface area contributed by atoms with Crippen LogP contribution in [0.2, 0.25) is 0 Å². The van der Waals surface area contributed by atoms with Crippen LogP contribution < -0.4 is 0 Å². The molecule has 5 nitrogen and oxygen atoms in total. The second-order valence-electron chi connectivity index (χ2n) is 5.24. The van der Waals surface area contributed by atoms with Crippen LogP contribution >= 0.6 is 27.7 Å². The molecule has 124 valence electrons. The molecule has 1 N–H and O–H groups in total. The Bertz CT molecular complexity index is 950. The lowest BCUT2D eigenvalue weighted by Crippen LogP contribution is -2.27. The first kappa shape index (κ1) is 17.3. The van der Waals surface area contributed by atoms with Crippen molar-refractivity contribution in [1.82, 2.24) is 4.90 Å². The fourth-order valence-corrected chi connectivity index (χ4v) is 3.56. The number of benzene rings is 2. The maximum Gasteiger partial charge on any atom is 0.293 e. The number of aromatic hydroxyl groups is 1. The summed E-state index contributed by atoms with van der Waals surface area (Å²) in [6, 6.07) is 13.7. The SMILES string of the molecule is N#Cc1ccccc1CN1C(=O)S/C(=C/c2cc(Br)ccc2O)C1=O. The van der Waals surface area contributed by atoms with Gasteiger partial charge in [0.05, 0.1) is 23.1 Å². The van der Waals surface area contributed by atoms with E-state index in [0.717, 1.165) is 21.1 Å². The summed E-state index contributed by atoms with van der Waals surface area (Å²) in [5.74, 6) is -0.424. The maximum absolute atomic E-state index is 12.6. The van der Waals surface area contributed by atoms with Crippen LogP contribution in [0, 0.1) is 11.3 Å². The monoisotopic (exact) mass is 414 g/mol. The van der Waals surface area contributed by atoms with Crippen molar-refractivity contribution in [3.63, 3.8) is 0 Å². The summed E-state index contributed by atoms with van der Waals surface area (Å²) in [4.78, 5) is 26.1. The van der Waals surface area contributed by atoms with Gasteiger partial charge in [-0.05, 0) is 47.7 Å². The smallest absolute Gasteiger partial charge is 0.293 e. The Hall–Kier alpha value is -2.56. The minimum Gasteiger partial charge on any atom is -0.507 e. The first-order valence-electron chi connectivity index (χ1n) is 7.21. The number of phenols is 1. The highest BCUT2D eigenvalue weighted by Gasteiger charge is 2.35. The Balaban J connectivity index is 1.89. The van der Waals surface area contributed by atoms with Crippen LogP contribution in [0.5, 0.6) is 5.75 Å². The Morgan fingerprint density at radius 3 is 2.76 bits per heavy atom. The molecule has 0 radical (unpaired) electrons. The van der Waals surface area contributed by atoms with E-state index in [2.05, 4.69) is 22.0 Å². The van der Waals surface area contributed by atoms with E-state index < -0.39 is 11.1 Å². The third kappa shape index (κ3) is 3.60. The first-order valence-corrected chi connectivity index (χ1v) is 8.82. The molecule has 1 fully saturated rings. The quantitative estimate of drug-likeness (QED) is 0.758. The number of hydrogen-bond acceptors (Lipinski definition) is 5. The summed E-state index contributed by atoms with van der Waals surface area (Å²) in [5, 5.41) is 18.6. The van der Waals surface area contributed by atoms with Crippen molar-refractivity contribution >= 4 is 44.9 Å². The zero-order valence-electron chi connectivity index (χ0n) is 12.8. The summed E-state index contributed by atoms with van der Waals surface area (Å²) in [7, 11) is 0. The summed E-state index contributed by atoms with van der Waals surface area (Å²) in [5.41, 5.74) is 1.48. The Kier molecular flexibility index (Phi) is 4.93. The fourth-order valence-electron chi connectivity index (χ4n) is 2.36. The summed E-state index contributed by atoms with van der Waals surface area (Å²) >= 11 is 4.12. The van der Waals surface area contributed by atoms with Gasteiger partial charge < -0.3 is 5.11 Å². The zero-order chi connectivity index (χ0) is 18.0. The molecule has 2 aromatic carbocycles. The molecular formula is C18H11BrN2O3S. The Labute approximate surface area is 156 Å². The fraction of sp³-hybridized carbons (Fsp3) is 0.0556. The lowest BCUT2D eigenvalue weighted by Gasteiger charge is -2.13. The summed E-state index contributed by atoms with van der Waals surface area (Å²) in [6.45, 7) is 0.0379. The highest BCUT2D eigenvalue weighted by molar-refractivity contribution is 9.10. The van der Waals surface area contributed by atoms with Crippen molar-refractivity contribution in [3.8, 4) is 11.8 Å². The molecule has 0 bridgehead atoms. The third-order valence-corrected chi connectivity index (χ3v) is 5.02. The normalized spacial score (nSPS) is 15.7. The number of nitrogens with zero attached hydrogens (tertiary/aromatic N) is 2. The van der Waals surface area contributed by atoms with Crippen LogP contribution in [0.15, 0.2) is 51.8 Å². The van der Waals surface area contributed by atoms with Gasteiger partial charge in [0.1, 0.15) is 5.75 Å². The van der Waals surface area contributed by atoms with Crippen molar-refractivity contribution in [1.29, 1.82) is 5.26 Å². The lowest BCUT2D eigenvalue weighted by atomic mass is 10.1. The molecule has 0 atom stereocenters. The number of imide groups is 1. The van der Waals surface area contributed by atoms with E-state index >= 15 is 0 Å². The molecule has 1 heterocycles. The molecule has 0 saturated carbocycles. The molecule has 1 aliphatic heterocycles. The molecule has 0 unspecified atom stereocenters.